The molecule has 3 aromatic carbocycles. The number of hydrogen-bond donors (Lipinski definition) is 1. The fourth-order valence-corrected chi connectivity index (χ4v) is 5.88. The number of rotatable bonds is 6. The highest BCUT2D eigenvalue weighted by atomic mass is 79.9. The molecule has 0 spiro atoms. The van der Waals surface area contributed by atoms with E-state index in [4.69, 9.17) is 0 Å². The summed E-state index contributed by atoms with van der Waals surface area (Å²) in [4.78, 5) is 18.0. The van der Waals surface area contributed by atoms with E-state index in [1.165, 1.54) is 17.4 Å². The van der Waals surface area contributed by atoms with Gasteiger partial charge in [0.05, 0.1) is 15.1 Å². The van der Waals surface area contributed by atoms with Crippen LogP contribution in [0.2, 0.25) is 0 Å². The predicted octanol–water partition coefficient (Wildman–Crippen LogP) is 5.50. The first kappa shape index (κ1) is 23.2. The summed E-state index contributed by atoms with van der Waals surface area (Å²) in [6.45, 7) is 6.19. The second-order valence-electron chi connectivity index (χ2n) is 7.31. The molecule has 1 amide bonds. The van der Waals surface area contributed by atoms with Gasteiger partial charge in [-0.3, -0.25) is 9.52 Å². The van der Waals surface area contributed by atoms with Crippen LogP contribution in [-0.4, -0.2) is 18.9 Å². The van der Waals surface area contributed by atoms with Crippen molar-refractivity contribution in [2.45, 2.75) is 18.4 Å². The van der Waals surface area contributed by atoms with Gasteiger partial charge in [-0.1, -0.05) is 57.1 Å². The lowest BCUT2D eigenvalue weighted by Crippen LogP contribution is -2.16. The van der Waals surface area contributed by atoms with Gasteiger partial charge in [-0.2, -0.15) is 4.99 Å². The minimum Gasteiger partial charge on any atom is -0.312 e. The Balaban J connectivity index is 1.67. The Morgan fingerprint density at radius 3 is 2.64 bits per heavy atom. The van der Waals surface area contributed by atoms with Crippen molar-refractivity contribution < 1.29 is 13.2 Å². The molecule has 0 aliphatic rings. The first-order valence-corrected chi connectivity index (χ1v) is 13.0. The average Bonchev–Trinajstić information content (AvgIpc) is 3.10. The number of thiazole rings is 1. The Labute approximate surface area is 204 Å². The third kappa shape index (κ3) is 5.16. The van der Waals surface area contributed by atoms with Crippen molar-refractivity contribution in [1.82, 2.24) is 4.57 Å². The number of aromatic nitrogens is 1. The van der Waals surface area contributed by atoms with Crippen LogP contribution in [0.3, 0.4) is 0 Å². The normalized spacial score (nSPS) is 12.1. The van der Waals surface area contributed by atoms with E-state index in [-0.39, 0.29) is 16.1 Å². The van der Waals surface area contributed by atoms with E-state index < -0.39 is 15.9 Å². The molecule has 0 aliphatic heterocycles. The van der Waals surface area contributed by atoms with E-state index >= 15 is 0 Å². The van der Waals surface area contributed by atoms with Crippen LogP contribution >= 0.6 is 27.3 Å². The van der Waals surface area contributed by atoms with Gasteiger partial charge >= 0.3 is 0 Å². The average molecular weight is 542 g/mol. The van der Waals surface area contributed by atoms with Crippen LogP contribution in [0.4, 0.5) is 5.69 Å². The van der Waals surface area contributed by atoms with Gasteiger partial charge in [-0.25, -0.2) is 8.42 Å². The molecule has 4 aromatic rings. The van der Waals surface area contributed by atoms with E-state index in [1.807, 2.05) is 29.7 Å². The summed E-state index contributed by atoms with van der Waals surface area (Å²) < 4.78 is 31.8. The smallest absolute Gasteiger partial charge is 0.279 e. The van der Waals surface area contributed by atoms with E-state index in [9.17, 15) is 13.2 Å². The van der Waals surface area contributed by atoms with Crippen LogP contribution in [0.5, 0.6) is 0 Å². The van der Waals surface area contributed by atoms with Gasteiger partial charge in [0.25, 0.3) is 15.9 Å². The lowest BCUT2D eigenvalue weighted by molar-refractivity contribution is 0.0998. The number of sulfonamides is 1. The Bertz CT molecular complexity index is 1540. The molecule has 168 valence electrons. The van der Waals surface area contributed by atoms with Gasteiger partial charge in [0.15, 0.2) is 4.80 Å². The molecule has 0 atom stereocenters. The highest BCUT2D eigenvalue weighted by Crippen LogP contribution is 2.23. The molecule has 0 saturated heterocycles. The minimum atomic E-state index is -3.78. The van der Waals surface area contributed by atoms with Crippen molar-refractivity contribution in [3.63, 3.8) is 0 Å². The Hall–Kier alpha value is -3.01. The SMILES string of the molecule is C=CCn1c(=NC(=O)c2cccc(NS(=O)(=O)c3ccc(C)cc3)c2)sc2cc(Br)ccc21. The number of nitrogens with one attached hydrogen (secondary N) is 1. The Kier molecular flexibility index (Phi) is 6.64. The lowest BCUT2D eigenvalue weighted by Gasteiger charge is -2.09. The molecule has 9 heteroatoms. The quantitative estimate of drug-likeness (QED) is 0.327. The number of anilines is 1. The van der Waals surface area contributed by atoms with Crippen LogP contribution in [-0.2, 0) is 16.6 Å². The van der Waals surface area contributed by atoms with E-state index in [2.05, 4.69) is 32.2 Å². The summed E-state index contributed by atoms with van der Waals surface area (Å²) in [5.74, 6) is -0.463. The van der Waals surface area contributed by atoms with Crippen molar-refractivity contribution in [2.75, 3.05) is 4.72 Å². The zero-order valence-corrected chi connectivity index (χ0v) is 20.9. The van der Waals surface area contributed by atoms with E-state index in [0.717, 1.165) is 20.3 Å². The maximum atomic E-state index is 13.0. The van der Waals surface area contributed by atoms with Gasteiger partial charge in [0, 0.05) is 22.3 Å². The molecule has 1 N–H and O–H groups in total. The molecule has 6 nitrogen and oxygen atoms in total. The molecule has 0 saturated carbocycles. The third-order valence-corrected chi connectivity index (χ3v) is 7.78. The standard InChI is InChI=1S/C24H20BrN3O3S2/c1-3-13-28-21-12-9-18(25)15-22(21)32-24(28)26-23(29)17-5-4-6-19(14-17)27-33(30,31)20-10-7-16(2)8-11-20/h3-12,14-15,27H,1,13H2,2H3. The highest BCUT2D eigenvalue weighted by Gasteiger charge is 2.15. The first-order valence-electron chi connectivity index (χ1n) is 9.95. The summed E-state index contributed by atoms with van der Waals surface area (Å²) in [5.41, 5.74) is 2.48. The number of benzene rings is 3. The van der Waals surface area contributed by atoms with Gasteiger partial charge in [0.1, 0.15) is 0 Å². The minimum absolute atomic E-state index is 0.149. The Morgan fingerprint density at radius 1 is 1.15 bits per heavy atom. The van der Waals surface area contributed by atoms with Crippen LogP contribution < -0.4 is 9.52 Å². The number of nitrogens with zero attached hydrogens (tertiary/aromatic N) is 2. The van der Waals surface area contributed by atoms with Crippen molar-refractivity contribution >= 4 is 59.1 Å². The number of carbonyl (C=O) groups excluding carboxylic acids is 1. The predicted molar refractivity (Wildman–Crippen MR) is 136 cm³/mol. The van der Waals surface area contributed by atoms with Gasteiger partial charge in [-0.15, -0.1) is 6.58 Å². The van der Waals surface area contributed by atoms with Crippen molar-refractivity contribution in [3.8, 4) is 0 Å². The molecule has 1 heterocycles. The molecule has 0 radical (unpaired) electrons. The zero-order chi connectivity index (χ0) is 23.6. The van der Waals surface area contributed by atoms with Crippen LogP contribution in [0.15, 0.2) is 93.7 Å². The fourth-order valence-electron chi connectivity index (χ4n) is 3.24. The maximum Gasteiger partial charge on any atom is 0.279 e. The summed E-state index contributed by atoms with van der Waals surface area (Å²) in [6.07, 6.45) is 1.75. The van der Waals surface area contributed by atoms with Crippen molar-refractivity contribution in [1.29, 1.82) is 0 Å². The van der Waals surface area contributed by atoms with Crippen molar-refractivity contribution in [3.05, 3.63) is 99.8 Å². The highest BCUT2D eigenvalue weighted by molar-refractivity contribution is 9.10. The van der Waals surface area contributed by atoms with Gasteiger partial charge in [0.2, 0.25) is 0 Å². The molecular formula is C24H20BrN3O3S2. The summed E-state index contributed by atoms with van der Waals surface area (Å²) in [6, 6.07) is 18.7. The number of halogens is 1. The first-order chi connectivity index (χ1) is 15.8. The van der Waals surface area contributed by atoms with Crippen LogP contribution in [0, 0.1) is 6.92 Å². The lowest BCUT2D eigenvalue weighted by atomic mass is 10.2. The number of fused-ring (bicyclic) bond motifs is 1. The number of amides is 1. The van der Waals surface area contributed by atoms with E-state index in [0.29, 0.717) is 11.3 Å². The molecule has 0 bridgehead atoms. The van der Waals surface area contributed by atoms with Crippen molar-refractivity contribution in [2.24, 2.45) is 4.99 Å². The molecule has 33 heavy (non-hydrogen) atoms. The summed E-state index contributed by atoms with van der Waals surface area (Å²) in [7, 11) is -3.78. The summed E-state index contributed by atoms with van der Waals surface area (Å²) >= 11 is 4.87. The largest absolute Gasteiger partial charge is 0.312 e. The molecule has 0 fully saturated rings. The number of allylic oxidation sites excluding steroid dienone is 1. The topological polar surface area (TPSA) is 80.5 Å². The fraction of sp³-hybridized carbons (Fsp3) is 0.0833. The molecule has 0 aliphatic carbocycles. The summed E-state index contributed by atoms with van der Waals surface area (Å²) in [5, 5.41) is 0. The molecular weight excluding hydrogens is 522 g/mol. The van der Waals surface area contributed by atoms with E-state index in [1.54, 1.807) is 48.5 Å². The second kappa shape index (κ2) is 9.46. The molecule has 0 unspecified atom stereocenters. The van der Waals surface area contributed by atoms with Crippen LogP contribution in [0.1, 0.15) is 15.9 Å². The molecule has 1 aromatic heterocycles. The monoisotopic (exact) mass is 541 g/mol. The maximum absolute atomic E-state index is 13.0. The Morgan fingerprint density at radius 2 is 1.91 bits per heavy atom. The number of carbonyl (C=O) groups is 1. The second-order valence-corrected chi connectivity index (χ2v) is 10.9. The number of aryl methyl sites for hydroxylation is 1. The van der Waals surface area contributed by atoms with Crippen LogP contribution in [0.25, 0.3) is 10.2 Å². The third-order valence-electron chi connectivity index (χ3n) is 4.85. The number of hydrogen-bond acceptors (Lipinski definition) is 4. The zero-order valence-electron chi connectivity index (χ0n) is 17.7. The molecule has 4 rings (SSSR count). The van der Waals surface area contributed by atoms with Gasteiger partial charge in [-0.05, 0) is 55.5 Å². The van der Waals surface area contributed by atoms with Gasteiger partial charge < -0.3 is 4.57 Å².